The van der Waals surface area contributed by atoms with E-state index in [1.165, 1.54) is 0 Å². The lowest BCUT2D eigenvalue weighted by molar-refractivity contribution is 0.0908. The largest absolute Gasteiger partial charge is 0.383 e. The zero-order valence-corrected chi connectivity index (χ0v) is 13.8. The highest BCUT2D eigenvalue weighted by atomic mass is 16.3. The molecule has 2 aromatic rings. The van der Waals surface area contributed by atoms with Crippen molar-refractivity contribution >= 4 is 5.91 Å². The second kappa shape index (κ2) is 6.32. The fraction of sp³-hybridized carbons (Fsp3) is 0.412. The second-order valence-electron chi connectivity index (χ2n) is 5.76. The molecule has 5 nitrogen and oxygen atoms in total. The van der Waals surface area contributed by atoms with Crippen LogP contribution in [0.5, 0.6) is 0 Å². The van der Waals surface area contributed by atoms with E-state index in [4.69, 9.17) is 0 Å². The summed E-state index contributed by atoms with van der Waals surface area (Å²) in [5.74, 6) is 0.379. The highest BCUT2D eigenvalue weighted by Crippen LogP contribution is 2.21. The van der Waals surface area contributed by atoms with Crippen molar-refractivity contribution in [3.8, 4) is 0 Å². The molecule has 118 valence electrons. The quantitative estimate of drug-likeness (QED) is 0.909. The van der Waals surface area contributed by atoms with Gasteiger partial charge in [0.05, 0.1) is 6.54 Å². The zero-order chi connectivity index (χ0) is 16.4. The van der Waals surface area contributed by atoms with E-state index in [1.54, 1.807) is 17.0 Å². The molecule has 1 aromatic heterocycles. The molecule has 0 aliphatic rings. The SMILES string of the molecule is Cc1cc(C)c(C)c(C(=O)NC[C@@H](O)c2nccn2C)c1C. The number of carbonyl (C=O) groups excluding carboxylic acids is 1. The van der Waals surface area contributed by atoms with Gasteiger partial charge in [-0.05, 0) is 49.9 Å². The number of rotatable bonds is 4. The van der Waals surface area contributed by atoms with Crippen molar-refractivity contribution in [3.05, 3.63) is 52.1 Å². The number of benzene rings is 1. The maximum atomic E-state index is 12.5. The average molecular weight is 301 g/mol. The summed E-state index contributed by atoms with van der Waals surface area (Å²) in [6.07, 6.45) is 2.56. The van der Waals surface area contributed by atoms with Gasteiger partial charge in [0.15, 0.2) is 0 Å². The molecule has 0 unspecified atom stereocenters. The first-order chi connectivity index (χ1) is 10.3. The predicted octanol–water partition coefficient (Wildman–Crippen LogP) is 2.12. The molecule has 22 heavy (non-hydrogen) atoms. The number of imidazole rings is 1. The number of carbonyl (C=O) groups is 1. The number of aryl methyl sites for hydroxylation is 3. The van der Waals surface area contributed by atoms with Crippen LogP contribution in [0.25, 0.3) is 0 Å². The van der Waals surface area contributed by atoms with E-state index in [0.29, 0.717) is 11.4 Å². The third kappa shape index (κ3) is 3.04. The van der Waals surface area contributed by atoms with Gasteiger partial charge in [-0.2, -0.15) is 0 Å². The van der Waals surface area contributed by atoms with Crippen molar-refractivity contribution in [3.63, 3.8) is 0 Å². The minimum atomic E-state index is -0.824. The van der Waals surface area contributed by atoms with E-state index < -0.39 is 6.10 Å². The summed E-state index contributed by atoms with van der Waals surface area (Å²) >= 11 is 0. The highest BCUT2D eigenvalue weighted by molar-refractivity contribution is 5.97. The molecule has 1 amide bonds. The van der Waals surface area contributed by atoms with E-state index in [-0.39, 0.29) is 12.5 Å². The lowest BCUT2D eigenvalue weighted by atomic mass is 9.94. The molecule has 2 rings (SSSR count). The Balaban J connectivity index is 2.15. The Morgan fingerprint density at radius 3 is 2.36 bits per heavy atom. The molecule has 0 aliphatic heterocycles. The summed E-state index contributed by atoms with van der Waals surface area (Å²) in [4.78, 5) is 16.6. The number of nitrogens with one attached hydrogen (secondary N) is 1. The van der Waals surface area contributed by atoms with E-state index in [1.807, 2.05) is 34.7 Å². The maximum Gasteiger partial charge on any atom is 0.251 e. The van der Waals surface area contributed by atoms with Crippen molar-refractivity contribution in [2.75, 3.05) is 6.54 Å². The zero-order valence-electron chi connectivity index (χ0n) is 13.8. The molecule has 0 saturated heterocycles. The van der Waals surface area contributed by atoms with Crippen LogP contribution in [-0.4, -0.2) is 27.1 Å². The Morgan fingerprint density at radius 1 is 1.27 bits per heavy atom. The van der Waals surface area contributed by atoms with Gasteiger partial charge < -0.3 is 15.0 Å². The number of hydrogen-bond donors (Lipinski definition) is 2. The average Bonchev–Trinajstić information content (AvgIpc) is 2.89. The van der Waals surface area contributed by atoms with Gasteiger partial charge in [-0.15, -0.1) is 0 Å². The van der Waals surface area contributed by atoms with E-state index in [0.717, 1.165) is 22.3 Å². The molecule has 0 bridgehead atoms. The minimum absolute atomic E-state index is 0.134. The molecule has 0 radical (unpaired) electrons. The number of aliphatic hydroxyl groups excluding tert-OH is 1. The van der Waals surface area contributed by atoms with E-state index in [9.17, 15) is 9.90 Å². The number of aromatic nitrogens is 2. The van der Waals surface area contributed by atoms with Crippen LogP contribution in [0, 0.1) is 27.7 Å². The van der Waals surface area contributed by atoms with Gasteiger partial charge in [-0.25, -0.2) is 4.98 Å². The summed E-state index contributed by atoms with van der Waals surface area (Å²) in [5, 5.41) is 12.9. The highest BCUT2D eigenvalue weighted by Gasteiger charge is 2.18. The Morgan fingerprint density at radius 2 is 1.86 bits per heavy atom. The molecule has 0 saturated carbocycles. The second-order valence-corrected chi connectivity index (χ2v) is 5.76. The van der Waals surface area contributed by atoms with Gasteiger partial charge in [0.25, 0.3) is 5.91 Å². The third-order valence-corrected chi connectivity index (χ3v) is 4.21. The molecule has 5 heteroatoms. The first kappa shape index (κ1) is 16.2. The van der Waals surface area contributed by atoms with Gasteiger partial charge in [0.1, 0.15) is 11.9 Å². The molecule has 1 heterocycles. The summed E-state index contributed by atoms with van der Waals surface area (Å²) in [7, 11) is 1.81. The van der Waals surface area contributed by atoms with Crippen molar-refractivity contribution < 1.29 is 9.90 Å². The fourth-order valence-corrected chi connectivity index (χ4v) is 2.62. The lowest BCUT2D eigenvalue weighted by Gasteiger charge is -2.16. The van der Waals surface area contributed by atoms with Gasteiger partial charge in [-0.3, -0.25) is 4.79 Å². The molecule has 2 N–H and O–H groups in total. The standard InChI is InChI=1S/C17H23N3O2/c1-10-8-11(2)13(4)15(12(10)3)17(22)19-9-14(21)16-18-6-7-20(16)5/h6-8,14,21H,9H2,1-5H3,(H,19,22)/t14-/m1/s1. The number of aliphatic hydroxyl groups is 1. The third-order valence-electron chi connectivity index (χ3n) is 4.21. The Labute approximate surface area is 131 Å². The van der Waals surface area contributed by atoms with Crippen LogP contribution in [0.2, 0.25) is 0 Å². The lowest BCUT2D eigenvalue weighted by Crippen LogP contribution is -2.30. The maximum absolute atomic E-state index is 12.5. The monoisotopic (exact) mass is 301 g/mol. The van der Waals surface area contributed by atoms with Gasteiger partial charge >= 0.3 is 0 Å². The summed E-state index contributed by atoms with van der Waals surface area (Å²) in [6.45, 7) is 8.04. The molecule has 1 aromatic carbocycles. The number of nitrogens with zero attached hydrogens (tertiary/aromatic N) is 2. The summed E-state index contributed by atoms with van der Waals surface area (Å²) in [6, 6.07) is 2.09. The van der Waals surface area contributed by atoms with Crippen LogP contribution in [-0.2, 0) is 7.05 Å². The van der Waals surface area contributed by atoms with Crippen LogP contribution in [0.1, 0.15) is 44.5 Å². The van der Waals surface area contributed by atoms with Crippen molar-refractivity contribution in [2.24, 2.45) is 7.05 Å². The summed E-state index contributed by atoms with van der Waals surface area (Å²) < 4.78 is 1.74. The molecule has 1 atom stereocenters. The first-order valence-corrected chi connectivity index (χ1v) is 7.33. The molecular weight excluding hydrogens is 278 g/mol. The topological polar surface area (TPSA) is 67.2 Å². The van der Waals surface area contributed by atoms with Crippen molar-refractivity contribution in [2.45, 2.75) is 33.8 Å². The normalized spacial score (nSPS) is 12.3. The van der Waals surface area contributed by atoms with E-state index in [2.05, 4.69) is 16.4 Å². The van der Waals surface area contributed by atoms with Gasteiger partial charge in [-0.1, -0.05) is 6.07 Å². The van der Waals surface area contributed by atoms with Crippen molar-refractivity contribution in [1.82, 2.24) is 14.9 Å². The Kier molecular flexibility index (Phi) is 4.66. The van der Waals surface area contributed by atoms with E-state index >= 15 is 0 Å². The van der Waals surface area contributed by atoms with Crippen molar-refractivity contribution in [1.29, 1.82) is 0 Å². The Bertz CT molecular complexity index is 678. The predicted molar refractivity (Wildman–Crippen MR) is 85.9 cm³/mol. The van der Waals surface area contributed by atoms with Crippen LogP contribution in [0.4, 0.5) is 0 Å². The number of amides is 1. The van der Waals surface area contributed by atoms with Crippen LogP contribution < -0.4 is 5.32 Å². The molecule has 0 fully saturated rings. The summed E-state index contributed by atoms with van der Waals surface area (Å²) in [5.41, 5.74) is 4.85. The smallest absolute Gasteiger partial charge is 0.251 e. The van der Waals surface area contributed by atoms with Gasteiger partial charge in [0, 0.05) is 25.0 Å². The molecule has 0 aliphatic carbocycles. The van der Waals surface area contributed by atoms with Crippen LogP contribution >= 0.6 is 0 Å². The first-order valence-electron chi connectivity index (χ1n) is 7.33. The fourth-order valence-electron chi connectivity index (χ4n) is 2.62. The van der Waals surface area contributed by atoms with Gasteiger partial charge in [0.2, 0.25) is 0 Å². The van der Waals surface area contributed by atoms with Crippen LogP contribution in [0.3, 0.4) is 0 Å². The number of hydrogen-bond acceptors (Lipinski definition) is 3. The molecular formula is C17H23N3O2. The minimum Gasteiger partial charge on any atom is -0.383 e. The van der Waals surface area contributed by atoms with Crippen LogP contribution in [0.15, 0.2) is 18.5 Å². The molecule has 0 spiro atoms. The Hall–Kier alpha value is -2.14.